The summed E-state index contributed by atoms with van der Waals surface area (Å²) in [5.41, 5.74) is 1.87. The highest BCUT2D eigenvalue weighted by molar-refractivity contribution is 6.02. The van der Waals surface area contributed by atoms with Gasteiger partial charge in [0.05, 0.1) is 31.5 Å². The van der Waals surface area contributed by atoms with E-state index >= 15 is 0 Å². The lowest BCUT2D eigenvalue weighted by Crippen LogP contribution is -2.64. The number of hydrogen-bond acceptors (Lipinski definition) is 4. The maximum absolute atomic E-state index is 13.9. The van der Waals surface area contributed by atoms with E-state index in [0.717, 1.165) is 42.5 Å². The zero-order valence-corrected chi connectivity index (χ0v) is 20.0. The average Bonchev–Trinajstić information content (AvgIpc) is 3.32. The Balaban J connectivity index is 1.52. The molecule has 0 unspecified atom stereocenters. The molecule has 1 aromatic carbocycles. The first-order valence-corrected chi connectivity index (χ1v) is 12.4. The third-order valence-electron chi connectivity index (χ3n) is 7.33. The molecule has 1 aliphatic heterocycles. The Kier molecular flexibility index (Phi) is 6.11. The Labute approximate surface area is 200 Å². The second-order valence-electron chi connectivity index (χ2n) is 9.65. The Morgan fingerprint density at radius 1 is 1.18 bits per heavy atom. The van der Waals surface area contributed by atoms with Crippen molar-refractivity contribution < 1.29 is 18.7 Å². The molecular formula is C27H33N3O4. The molecule has 7 nitrogen and oxygen atoms in total. The van der Waals surface area contributed by atoms with Gasteiger partial charge in [-0.2, -0.15) is 0 Å². The SMILES string of the molecule is CCOc1ccccc1CN1C(=O)c2cc3occc3n2C[C@@]1(C)C(=O)NC1CCCCCC1. The largest absolute Gasteiger partial charge is 0.494 e. The first kappa shape index (κ1) is 22.6. The third kappa shape index (κ3) is 3.97. The first-order chi connectivity index (χ1) is 16.5. The first-order valence-electron chi connectivity index (χ1n) is 12.4. The van der Waals surface area contributed by atoms with Crippen molar-refractivity contribution in [2.75, 3.05) is 6.61 Å². The number of carbonyl (C=O) groups is 2. The fraction of sp³-hybridized carbons (Fsp3) is 0.481. The molecular weight excluding hydrogens is 430 g/mol. The summed E-state index contributed by atoms with van der Waals surface area (Å²) in [7, 11) is 0. The van der Waals surface area contributed by atoms with Gasteiger partial charge in [0.25, 0.3) is 5.91 Å². The van der Waals surface area contributed by atoms with Crippen LogP contribution in [0.3, 0.4) is 0 Å². The van der Waals surface area contributed by atoms with Crippen LogP contribution in [0.1, 0.15) is 68.4 Å². The van der Waals surface area contributed by atoms with Gasteiger partial charge in [0.15, 0.2) is 5.58 Å². The van der Waals surface area contributed by atoms with Crippen molar-refractivity contribution in [2.45, 2.75) is 77.0 Å². The molecule has 1 N–H and O–H groups in total. The van der Waals surface area contributed by atoms with Gasteiger partial charge in [-0.15, -0.1) is 0 Å². The second kappa shape index (κ2) is 9.20. The van der Waals surface area contributed by atoms with E-state index in [0.29, 0.717) is 24.4 Å². The minimum atomic E-state index is -1.06. The molecule has 1 aliphatic carbocycles. The molecule has 5 rings (SSSR count). The number of benzene rings is 1. The number of rotatable bonds is 6. The van der Waals surface area contributed by atoms with Gasteiger partial charge in [-0.1, -0.05) is 43.9 Å². The van der Waals surface area contributed by atoms with Gasteiger partial charge in [-0.05, 0) is 32.8 Å². The number of hydrogen-bond donors (Lipinski definition) is 1. The van der Waals surface area contributed by atoms with Crippen molar-refractivity contribution in [1.82, 2.24) is 14.8 Å². The molecule has 3 heterocycles. The van der Waals surface area contributed by atoms with Crippen LogP contribution in [0.5, 0.6) is 5.75 Å². The lowest BCUT2D eigenvalue weighted by Gasteiger charge is -2.44. The van der Waals surface area contributed by atoms with E-state index in [2.05, 4.69) is 5.32 Å². The standard InChI is InChI=1S/C27H33N3O4/c1-3-33-23-13-9-8-10-19(23)17-30-25(31)22-16-24-21(14-15-34-24)29(22)18-27(30,2)26(32)28-20-11-6-4-5-7-12-20/h8-10,13-16,20H,3-7,11-12,17-18H2,1-2H3,(H,28,32)/t27-/m0/s1. The van der Waals surface area contributed by atoms with Crippen LogP contribution in [-0.2, 0) is 17.9 Å². The number of nitrogens with one attached hydrogen (secondary N) is 1. The van der Waals surface area contributed by atoms with E-state index in [9.17, 15) is 9.59 Å². The number of carbonyl (C=O) groups excluding carboxylic acids is 2. The van der Waals surface area contributed by atoms with Crippen molar-refractivity contribution in [3.63, 3.8) is 0 Å². The topological polar surface area (TPSA) is 76.7 Å². The molecule has 7 heteroatoms. The van der Waals surface area contributed by atoms with Gasteiger partial charge in [0.2, 0.25) is 5.91 Å². The van der Waals surface area contributed by atoms with Crippen LogP contribution < -0.4 is 10.1 Å². The number of para-hydroxylation sites is 1. The minimum Gasteiger partial charge on any atom is -0.494 e. The van der Waals surface area contributed by atoms with Crippen molar-refractivity contribution in [2.24, 2.45) is 0 Å². The molecule has 0 bridgehead atoms. The number of aromatic nitrogens is 1. The fourth-order valence-corrected chi connectivity index (χ4v) is 5.39. The van der Waals surface area contributed by atoms with Crippen molar-refractivity contribution in [3.05, 3.63) is 53.9 Å². The van der Waals surface area contributed by atoms with Crippen LogP contribution in [-0.4, -0.2) is 39.5 Å². The summed E-state index contributed by atoms with van der Waals surface area (Å²) in [6.45, 7) is 5.01. The van der Waals surface area contributed by atoms with E-state index in [4.69, 9.17) is 9.15 Å². The van der Waals surface area contributed by atoms with Crippen LogP contribution in [0, 0.1) is 0 Å². The summed E-state index contributed by atoms with van der Waals surface area (Å²) in [6, 6.07) is 11.5. The molecule has 3 aromatic rings. The molecule has 0 spiro atoms. The molecule has 2 amide bonds. The summed E-state index contributed by atoms with van der Waals surface area (Å²) >= 11 is 0. The predicted octanol–water partition coefficient (Wildman–Crippen LogP) is 4.89. The highest BCUT2D eigenvalue weighted by Gasteiger charge is 2.48. The molecule has 1 saturated carbocycles. The molecule has 34 heavy (non-hydrogen) atoms. The molecule has 0 saturated heterocycles. The normalized spacial score (nSPS) is 21.4. The van der Waals surface area contributed by atoms with Crippen molar-refractivity contribution in [1.29, 1.82) is 0 Å². The Hall–Kier alpha value is -3.22. The zero-order chi connectivity index (χ0) is 23.7. The summed E-state index contributed by atoms with van der Waals surface area (Å²) in [5, 5.41) is 3.31. The van der Waals surface area contributed by atoms with Gasteiger partial charge < -0.3 is 23.9 Å². The predicted molar refractivity (Wildman–Crippen MR) is 130 cm³/mol. The number of fused-ring (bicyclic) bond motifs is 3. The van der Waals surface area contributed by atoms with Gasteiger partial charge in [0, 0.05) is 23.7 Å². The summed E-state index contributed by atoms with van der Waals surface area (Å²) in [5.74, 6) is 0.458. The maximum atomic E-state index is 13.9. The van der Waals surface area contributed by atoms with E-state index < -0.39 is 5.54 Å². The highest BCUT2D eigenvalue weighted by Crippen LogP contribution is 2.35. The zero-order valence-electron chi connectivity index (χ0n) is 20.0. The molecule has 1 atom stereocenters. The van der Waals surface area contributed by atoms with E-state index in [-0.39, 0.29) is 24.4 Å². The van der Waals surface area contributed by atoms with Crippen molar-refractivity contribution in [3.8, 4) is 5.75 Å². The number of furan rings is 1. The highest BCUT2D eigenvalue weighted by atomic mass is 16.5. The summed E-state index contributed by atoms with van der Waals surface area (Å²) < 4.78 is 13.3. The molecule has 2 aromatic heterocycles. The Morgan fingerprint density at radius 3 is 2.71 bits per heavy atom. The molecule has 0 radical (unpaired) electrons. The van der Waals surface area contributed by atoms with E-state index in [1.54, 1.807) is 17.2 Å². The maximum Gasteiger partial charge on any atom is 0.271 e. The Bertz CT molecular complexity index is 1190. The molecule has 1 fully saturated rings. The molecule has 2 aliphatic rings. The number of ether oxygens (including phenoxy) is 1. The van der Waals surface area contributed by atoms with Crippen LogP contribution >= 0.6 is 0 Å². The van der Waals surface area contributed by atoms with Gasteiger partial charge in [-0.3, -0.25) is 9.59 Å². The summed E-state index contributed by atoms with van der Waals surface area (Å²) in [4.78, 5) is 29.5. The second-order valence-corrected chi connectivity index (χ2v) is 9.65. The lowest BCUT2D eigenvalue weighted by molar-refractivity contribution is -0.134. The fourth-order valence-electron chi connectivity index (χ4n) is 5.39. The molecule has 180 valence electrons. The van der Waals surface area contributed by atoms with E-state index in [1.807, 2.05) is 48.7 Å². The van der Waals surface area contributed by atoms with Crippen LogP contribution in [0.15, 0.2) is 47.1 Å². The van der Waals surface area contributed by atoms with Crippen LogP contribution in [0.25, 0.3) is 11.1 Å². The number of nitrogens with zero attached hydrogens (tertiary/aromatic N) is 2. The van der Waals surface area contributed by atoms with Gasteiger partial charge >= 0.3 is 0 Å². The number of amides is 2. The smallest absolute Gasteiger partial charge is 0.271 e. The third-order valence-corrected chi connectivity index (χ3v) is 7.33. The summed E-state index contributed by atoms with van der Waals surface area (Å²) in [6.07, 6.45) is 8.29. The lowest BCUT2D eigenvalue weighted by atomic mass is 9.92. The van der Waals surface area contributed by atoms with Crippen LogP contribution in [0.2, 0.25) is 0 Å². The minimum absolute atomic E-state index is 0.0994. The quantitative estimate of drug-likeness (QED) is 0.528. The van der Waals surface area contributed by atoms with Crippen LogP contribution in [0.4, 0.5) is 0 Å². The monoisotopic (exact) mass is 463 g/mol. The van der Waals surface area contributed by atoms with E-state index in [1.165, 1.54) is 12.8 Å². The average molecular weight is 464 g/mol. The van der Waals surface area contributed by atoms with Gasteiger partial charge in [-0.25, -0.2) is 0 Å². The van der Waals surface area contributed by atoms with Gasteiger partial charge in [0.1, 0.15) is 17.0 Å². The Morgan fingerprint density at radius 2 is 1.94 bits per heavy atom. The van der Waals surface area contributed by atoms with Crippen molar-refractivity contribution >= 4 is 22.9 Å².